The zero-order valence-corrected chi connectivity index (χ0v) is 13.9. The third-order valence-corrected chi connectivity index (χ3v) is 4.77. The molecule has 1 unspecified atom stereocenters. The minimum Gasteiger partial charge on any atom is -0.310 e. The number of halogens is 3. The first-order valence-corrected chi connectivity index (χ1v) is 8.16. The van der Waals surface area contributed by atoms with E-state index in [1.54, 1.807) is 19.2 Å². The molecule has 6 heteroatoms. The Hall–Kier alpha value is -1.66. The SMILES string of the molecule is C=N/C(=C\C(N)(NC)C1CCCCC1)c1ccccc1C(F)(F)F. The number of nitrogens with two attached hydrogens (primary N) is 1. The number of nitrogens with one attached hydrogen (secondary N) is 1. The van der Waals surface area contributed by atoms with Crippen LogP contribution in [0.3, 0.4) is 0 Å². The van der Waals surface area contributed by atoms with E-state index in [0.717, 1.165) is 31.7 Å². The first kappa shape index (κ1) is 18.7. The average molecular weight is 339 g/mol. The summed E-state index contributed by atoms with van der Waals surface area (Å²) in [5, 5.41) is 3.07. The van der Waals surface area contributed by atoms with Crippen LogP contribution in [0.1, 0.15) is 43.2 Å². The van der Waals surface area contributed by atoms with Crippen molar-refractivity contribution < 1.29 is 13.2 Å². The van der Waals surface area contributed by atoms with Gasteiger partial charge in [-0.25, -0.2) is 0 Å². The minimum atomic E-state index is -4.46. The van der Waals surface area contributed by atoms with Crippen LogP contribution in [-0.2, 0) is 6.18 Å². The van der Waals surface area contributed by atoms with Crippen LogP contribution in [0.5, 0.6) is 0 Å². The molecule has 1 atom stereocenters. The monoisotopic (exact) mass is 339 g/mol. The van der Waals surface area contributed by atoms with Gasteiger partial charge in [0.25, 0.3) is 0 Å². The second kappa shape index (κ2) is 7.49. The maximum Gasteiger partial charge on any atom is 0.417 e. The molecule has 3 nitrogen and oxygen atoms in total. The zero-order chi connectivity index (χ0) is 17.8. The summed E-state index contributed by atoms with van der Waals surface area (Å²) in [6.07, 6.45) is 2.36. The summed E-state index contributed by atoms with van der Waals surface area (Å²) in [5.74, 6) is 0.158. The number of hydrogen-bond acceptors (Lipinski definition) is 3. The van der Waals surface area contributed by atoms with Gasteiger partial charge < -0.3 is 5.73 Å². The number of nitrogens with zero attached hydrogens (tertiary/aromatic N) is 1. The van der Waals surface area contributed by atoms with Crippen molar-refractivity contribution in [1.82, 2.24) is 5.32 Å². The maximum absolute atomic E-state index is 13.3. The van der Waals surface area contributed by atoms with E-state index < -0.39 is 17.4 Å². The number of hydrogen-bond donors (Lipinski definition) is 2. The fourth-order valence-corrected chi connectivity index (χ4v) is 3.36. The van der Waals surface area contributed by atoms with Gasteiger partial charge in [-0.15, -0.1) is 0 Å². The van der Waals surface area contributed by atoms with Gasteiger partial charge in [0.1, 0.15) is 0 Å². The van der Waals surface area contributed by atoms with E-state index in [0.29, 0.717) is 0 Å². The number of rotatable bonds is 5. The quantitative estimate of drug-likeness (QED) is 0.624. The molecule has 1 aromatic carbocycles. The van der Waals surface area contributed by atoms with Crippen LogP contribution in [0, 0.1) is 5.92 Å². The van der Waals surface area contributed by atoms with Gasteiger partial charge in [0.05, 0.1) is 16.9 Å². The van der Waals surface area contributed by atoms with E-state index in [9.17, 15) is 13.2 Å². The van der Waals surface area contributed by atoms with Crippen molar-refractivity contribution in [3.05, 3.63) is 41.5 Å². The molecule has 3 N–H and O–H groups in total. The highest BCUT2D eigenvalue weighted by Gasteiger charge is 2.36. The van der Waals surface area contributed by atoms with Crippen molar-refractivity contribution in [2.75, 3.05) is 7.05 Å². The smallest absolute Gasteiger partial charge is 0.310 e. The highest BCUT2D eigenvalue weighted by molar-refractivity contribution is 5.71. The van der Waals surface area contributed by atoms with Crippen molar-refractivity contribution in [2.24, 2.45) is 16.6 Å². The molecule has 0 bridgehead atoms. The van der Waals surface area contributed by atoms with Crippen molar-refractivity contribution in [2.45, 2.75) is 43.9 Å². The Kier molecular flexibility index (Phi) is 5.83. The van der Waals surface area contributed by atoms with Crippen molar-refractivity contribution >= 4 is 12.4 Å². The Bertz CT molecular complexity index is 604. The van der Waals surface area contributed by atoms with Gasteiger partial charge in [-0.2, -0.15) is 13.2 Å². The summed E-state index contributed by atoms with van der Waals surface area (Å²) in [7, 11) is 1.72. The van der Waals surface area contributed by atoms with Crippen LogP contribution in [0.4, 0.5) is 13.2 Å². The molecular weight excluding hydrogens is 315 g/mol. The molecule has 24 heavy (non-hydrogen) atoms. The summed E-state index contributed by atoms with van der Waals surface area (Å²) < 4.78 is 39.8. The molecule has 0 spiro atoms. The number of benzene rings is 1. The Balaban J connectivity index is 2.46. The van der Waals surface area contributed by atoms with Gasteiger partial charge in [0.15, 0.2) is 0 Å². The van der Waals surface area contributed by atoms with Gasteiger partial charge >= 0.3 is 6.18 Å². The number of likely N-dealkylation sites (N-methyl/N-ethyl adjacent to an activating group) is 1. The molecule has 0 aliphatic heterocycles. The van der Waals surface area contributed by atoms with Crippen molar-refractivity contribution in [3.8, 4) is 0 Å². The lowest BCUT2D eigenvalue weighted by Gasteiger charge is -2.37. The Labute approximate surface area is 140 Å². The second-order valence-electron chi connectivity index (χ2n) is 6.25. The lowest BCUT2D eigenvalue weighted by atomic mass is 9.79. The number of alkyl halides is 3. The van der Waals surface area contributed by atoms with Crippen LogP contribution < -0.4 is 11.1 Å². The molecule has 1 aliphatic carbocycles. The molecular formula is C18H24F3N3. The molecule has 0 saturated heterocycles. The Morgan fingerprint density at radius 1 is 1.25 bits per heavy atom. The van der Waals surface area contributed by atoms with E-state index in [1.807, 2.05) is 0 Å². The second-order valence-corrected chi connectivity index (χ2v) is 6.25. The molecule has 1 aliphatic rings. The maximum atomic E-state index is 13.3. The Morgan fingerprint density at radius 3 is 2.42 bits per heavy atom. The van der Waals surface area contributed by atoms with Crippen LogP contribution >= 0.6 is 0 Å². The average Bonchev–Trinajstić information content (AvgIpc) is 2.59. The molecule has 132 valence electrons. The fraction of sp³-hybridized carbons (Fsp3) is 0.500. The summed E-state index contributed by atoms with van der Waals surface area (Å²) in [6, 6.07) is 5.37. The minimum absolute atomic E-state index is 0.000819. The van der Waals surface area contributed by atoms with E-state index in [2.05, 4.69) is 17.0 Å². The van der Waals surface area contributed by atoms with Crippen LogP contribution in [0.25, 0.3) is 5.70 Å². The topological polar surface area (TPSA) is 50.4 Å². The summed E-state index contributed by atoms with van der Waals surface area (Å²) in [5.41, 5.74) is 5.01. The van der Waals surface area contributed by atoms with Gasteiger partial charge in [0, 0.05) is 5.56 Å². The summed E-state index contributed by atoms with van der Waals surface area (Å²) in [4.78, 5) is 3.85. The van der Waals surface area contributed by atoms with Crippen LogP contribution in [0.2, 0.25) is 0 Å². The van der Waals surface area contributed by atoms with Crippen LogP contribution in [-0.4, -0.2) is 19.4 Å². The lowest BCUT2D eigenvalue weighted by molar-refractivity contribution is -0.137. The zero-order valence-electron chi connectivity index (χ0n) is 13.9. The van der Waals surface area contributed by atoms with Gasteiger partial charge in [-0.3, -0.25) is 10.3 Å². The summed E-state index contributed by atoms with van der Waals surface area (Å²) in [6.45, 7) is 3.46. The fourth-order valence-electron chi connectivity index (χ4n) is 3.36. The predicted molar refractivity (Wildman–Crippen MR) is 91.5 cm³/mol. The first-order chi connectivity index (χ1) is 11.3. The summed E-state index contributed by atoms with van der Waals surface area (Å²) >= 11 is 0. The number of aliphatic imine (C=N–C) groups is 1. The van der Waals surface area contributed by atoms with E-state index in [4.69, 9.17) is 5.73 Å². The first-order valence-electron chi connectivity index (χ1n) is 8.16. The van der Waals surface area contributed by atoms with E-state index >= 15 is 0 Å². The van der Waals surface area contributed by atoms with Gasteiger partial charge in [-0.05, 0) is 44.7 Å². The molecule has 0 aromatic heterocycles. The molecule has 1 aromatic rings. The third-order valence-electron chi connectivity index (χ3n) is 4.77. The molecule has 2 rings (SSSR count). The van der Waals surface area contributed by atoms with E-state index in [-0.39, 0.29) is 17.2 Å². The highest BCUT2D eigenvalue weighted by Crippen LogP contribution is 2.37. The van der Waals surface area contributed by atoms with Crippen LogP contribution in [0.15, 0.2) is 35.3 Å². The molecule has 0 heterocycles. The standard InChI is InChI=1S/C18H24F3N3/c1-23-16(14-10-6-7-11-15(14)18(19,20)21)12-17(22,24-2)13-8-4-3-5-9-13/h6-7,10-13,24H,1,3-5,8-9,22H2,2H3/b16-12-. The lowest BCUT2D eigenvalue weighted by Crippen LogP contribution is -2.56. The van der Waals surface area contributed by atoms with Crippen molar-refractivity contribution in [3.63, 3.8) is 0 Å². The van der Waals surface area contributed by atoms with Gasteiger partial charge in [0.2, 0.25) is 0 Å². The molecule has 0 amide bonds. The predicted octanol–water partition coefficient (Wildman–Crippen LogP) is 4.20. The van der Waals surface area contributed by atoms with Gasteiger partial charge in [-0.1, -0.05) is 37.5 Å². The normalized spacial score (nSPS) is 19.8. The highest BCUT2D eigenvalue weighted by atomic mass is 19.4. The third kappa shape index (κ3) is 4.05. The molecule has 0 radical (unpaired) electrons. The Morgan fingerprint density at radius 2 is 1.88 bits per heavy atom. The largest absolute Gasteiger partial charge is 0.417 e. The van der Waals surface area contributed by atoms with E-state index in [1.165, 1.54) is 18.6 Å². The molecule has 1 saturated carbocycles. The van der Waals surface area contributed by atoms with Crippen molar-refractivity contribution in [1.29, 1.82) is 0 Å². The molecule has 1 fully saturated rings.